The van der Waals surface area contributed by atoms with E-state index in [0.717, 1.165) is 5.56 Å². The molecule has 0 aliphatic rings. The molecule has 0 saturated heterocycles. The molecule has 3 N–H and O–H groups in total. The second-order valence-electron chi connectivity index (χ2n) is 4.91. The molecule has 5 nitrogen and oxygen atoms in total. The number of carboxylic acid groups (broad SMARTS) is 1. The van der Waals surface area contributed by atoms with Crippen LogP contribution < -0.4 is 5.32 Å². The van der Waals surface area contributed by atoms with Gasteiger partial charge in [0.15, 0.2) is 0 Å². The van der Waals surface area contributed by atoms with Crippen LogP contribution in [0.15, 0.2) is 18.2 Å². The molecule has 1 aromatic rings. The van der Waals surface area contributed by atoms with Crippen molar-refractivity contribution in [3.8, 4) is 5.75 Å². The van der Waals surface area contributed by atoms with Crippen LogP contribution in [0, 0.1) is 12.3 Å². The first-order valence-corrected chi connectivity index (χ1v) is 5.55. The van der Waals surface area contributed by atoms with E-state index in [1.54, 1.807) is 13.0 Å². The Labute approximate surface area is 105 Å². The van der Waals surface area contributed by atoms with Crippen LogP contribution in [-0.2, 0) is 9.59 Å². The number of rotatable bonds is 4. The van der Waals surface area contributed by atoms with Gasteiger partial charge in [-0.2, -0.15) is 0 Å². The molecule has 0 unspecified atom stereocenters. The molecule has 0 aromatic heterocycles. The molecule has 0 atom stereocenters. The number of aliphatic carboxylic acids is 1. The lowest BCUT2D eigenvalue weighted by atomic mass is 9.89. The Morgan fingerprint density at radius 1 is 1.33 bits per heavy atom. The normalized spacial score (nSPS) is 11.1. The van der Waals surface area contributed by atoms with Gasteiger partial charge in [-0.3, -0.25) is 9.59 Å². The molecule has 1 amide bonds. The summed E-state index contributed by atoms with van der Waals surface area (Å²) in [5.41, 5.74) is 0.185. The molecule has 1 aromatic carbocycles. The van der Waals surface area contributed by atoms with E-state index >= 15 is 0 Å². The predicted molar refractivity (Wildman–Crippen MR) is 67.5 cm³/mol. The standard InChI is InChI=1S/C13H17NO4/c1-8-6-9(15)4-5-10(8)14-11(16)7-13(2,3)12(17)18/h4-6,15H,7H2,1-3H3,(H,14,16)(H,17,18). The summed E-state index contributed by atoms with van der Waals surface area (Å²) in [4.78, 5) is 22.6. The Bertz CT molecular complexity index is 480. The van der Waals surface area contributed by atoms with Crippen molar-refractivity contribution in [3.05, 3.63) is 23.8 Å². The molecule has 0 radical (unpaired) electrons. The third-order valence-corrected chi connectivity index (χ3v) is 2.67. The molecule has 0 bridgehead atoms. The van der Waals surface area contributed by atoms with Crippen molar-refractivity contribution in [1.82, 2.24) is 0 Å². The summed E-state index contributed by atoms with van der Waals surface area (Å²) in [7, 11) is 0. The van der Waals surface area contributed by atoms with Gasteiger partial charge < -0.3 is 15.5 Å². The Balaban J connectivity index is 2.74. The van der Waals surface area contributed by atoms with Crippen LogP contribution >= 0.6 is 0 Å². The number of hydrogen-bond donors (Lipinski definition) is 3. The maximum atomic E-state index is 11.7. The fourth-order valence-corrected chi connectivity index (χ4v) is 1.46. The number of phenols is 1. The Morgan fingerprint density at radius 3 is 2.44 bits per heavy atom. The first kappa shape index (κ1) is 14.0. The topological polar surface area (TPSA) is 86.6 Å². The van der Waals surface area contributed by atoms with E-state index in [1.807, 2.05) is 0 Å². The third kappa shape index (κ3) is 3.48. The average Bonchev–Trinajstić information content (AvgIpc) is 2.21. The van der Waals surface area contributed by atoms with Crippen molar-refractivity contribution >= 4 is 17.6 Å². The first-order valence-electron chi connectivity index (χ1n) is 5.55. The summed E-state index contributed by atoms with van der Waals surface area (Å²) in [6.07, 6.45) is -0.108. The molecule has 1 rings (SSSR count). The van der Waals surface area contributed by atoms with Gasteiger partial charge in [-0.1, -0.05) is 0 Å². The molecule has 5 heteroatoms. The molecule has 0 spiro atoms. The zero-order valence-electron chi connectivity index (χ0n) is 10.7. The van der Waals surface area contributed by atoms with Crippen LogP contribution in [0.2, 0.25) is 0 Å². The zero-order chi connectivity index (χ0) is 13.9. The van der Waals surface area contributed by atoms with Crippen LogP contribution in [-0.4, -0.2) is 22.1 Å². The van der Waals surface area contributed by atoms with E-state index in [1.165, 1.54) is 26.0 Å². The van der Waals surface area contributed by atoms with E-state index in [2.05, 4.69) is 5.32 Å². The van der Waals surface area contributed by atoms with Gasteiger partial charge in [-0.05, 0) is 44.5 Å². The van der Waals surface area contributed by atoms with Crippen molar-refractivity contribution in [2.45, 2.75) is 27.2 Å². The average molecular weight is 251 g/mol. The Kier molecular flexibility index (Phi) is 3.96. The number of amides is 1. The highest BCUT2D eigenvalue weighted by Gasteiger charge is 2.30. The van der Waals surface area contributed by atoms with Crippen molar-refractivity contribution in [1.29, 1.82) is 0 Å². The smallest absolute Gasteiger partial charge is 0.309 e. The maximum absolute atomic E-state index is 11.7. The Morgan fingerprint density at radius 2 is 1.94 bits per heavy atom. The van der Waals surface area contributed by atoms with Gasteiger partial charge in [0.05, 0.1) is 5.41 Å². The number of carbonyl (C=O) groups is 2. The van der Waals surface area contributed by atoms with Crippen LogP contribution in [0.25, 0.3) is 0 Å². The summed E-state index contributed by atoms with van der Waals surface area (Å²) in [5, 5.41) is 20.8. The zero-order valence-corrected chi connectivity index (χ0v) is 10.7. The van der Waals surface area contributed by atoms with Crippen molar-refractivity contribution in [2.24, 2.45) is 5.41 Å². The number of nitrogens with one attached hydrogen (secondary N) is 1. The van der Waals surface area contributed by atoms with E-state index in [4.69, 9.17) is 5.11 Å². The highest BCUT2D eigenvalue weighted by molar-refractivity contribution is 5.94. The number of aryl methyl sites for hydroxylation is 1. The molecule has 18 heavy (non-hydrogen) atoms. The van der Waals surface area contributed by atoms with Gasteiger partial charge in [-0.15, -0.1) is 0 Å². The van der Waals surface area contributed by atoms with Gasteiger partial charge >= 0.3 is 5.97 Å². The van der Waals surface area contributed by atoms with Gasteiger partial charge in [-0.25, -0.2) is 0 Å². The molecule has 0 saturated carbocycles. The summed E-state index contributed by atoms with van der Waals surface area (Å²) in [6, 6.07) is 4.57. The summed E-state index contributed by atoms with van der Waals surface area (Å²) in [6.45, 7) is 4.74. The number of carbonyl (C=O) groups excluding carboxylic acids is 1. The molecular weight excluding hydrogens is 234 g/mol. The third-order valence-electron chi connectivity index (χ3n) is 2.67. The van der Waals surface area contributed by atoms with E-state index in [9.17, 15) is 14.7 Å². The molecular formula is C13H17NO4. The molecule has 98 valence electrons. The van der Waals surface area contributed by atoms with Crippen LogP contribution in [0.4, 0.5) is 5.69 Å². The molecule has 0 aliphatic heterocycles. The quantitative estimate of drug-likeness (QED) is 0.715. The van der Waals surface area contributed by atoms with Gasteiger partial charge in [0.2, 0.25) is 5.91 Å². The monoisotopic (exact) mass is 251 g/mol. The maximum Gasteiger partial charge on any atom is 0.309 e. The van der Waals surface area contributed by atoms with Gasteiger partial charge in [0, 0.05) is 12.1 Å². The minimum Gasteiger partial charge on any atom is -0.508 e. The van der Waals surface area contributed by atoms with E-state index < -0.39 is 11.4 Å². The minimum atomic E-state index is -1.10. The predicted octanol–water partition coefficient (Wildman–Crippen LogP) is 2.14. The van der Waals surface area contributed by atoms with Gasteiger partial charge in [0.1, 0.15) is 5.75 Å². The van der Waals surface area contributed by atoms with Crippen molar-refractivity contribution in [3.63, 3.8) is 0 Å². The van der Waals surface area contributed by atoms with E-state index in [-0.39, 0.29) is 18.1 Å². The second kappa shape index (κ2) is 5.08. The number of aromatic hydroxyl groups is 1. The lowest BCUT2D eigenvalue weighted by Gasteiger charge is -2.18. The van der Waals surface area contributed by atoms with Crippen molar-refractivity contribution < 1.29 is 19.8 Å². The van der Waals surface area contributed by atoms with Crippen LogP contribution in [0.3, 0.4) is 0 Å². The highest BCUT2D eigenvalue weighted by Crippen LogP contribution is 2.24. The highest BCUT2D eigenvalue weighted by atomic mass is 16.4. The first-order chi connectivity index (χ1) is 8.22. The molecule has 0 heterocycles. The summed E-state index contributed by atoms with van der Waals surface area (Å²) in [5.74, 6) is -1.26. The number of carboxylic acids is 1. The molecule has 0 aliphatic carbocycles. The van der Waals surface area contributed by atoms with E-state index in [0.29, 0.717) is 5.69 Å². The lowest BCUT2D eigenvalue weighted by Crippen LogP contribution is -2.29. The van der Waals surface area contributed by atoms with Crippen LogP contribution in [0.1, 0.15) is 25.8 Å². The van der Waals surface area contributed by atoms with Crippen LogP contribution in [0.5, 0.6) is 5.75 Å². The number of benzene rings is 1. The van der Waals surface area contributed by atoms with Crippen molar-refractivity contribution in [2.75, 3.05) is 5.32 Å². The largest absolute Gasteiger partial charge is 0.508 e. The SMILES string of the molecule is Cc1cc(O)ccc1NC(=O)CC(C)(C)C(=O)O. The number of anilines is 1. The fraction of sp³-hybridized carbons (Fsp3) is 0.385. The second-order valence-corrected chi connectivity index (χ2v) is 4.91. The van der Waals surface area contributed by atoms with Gasteiger partial charge in [0.25, 0.3) is 0 Å². The summed E-state index contributed by atoms with van der Waals surface area (Å²) >= 11 is 0. The number of phenolic OH excluding ortho intramolecular Hbond substituents is 1. The number of hydrogen-bond acceptors (Lipinski definition) is 3. The minimum absolute atomic E-state index is 0.108. The summed E-state index contributed by atoms with van der Waals surface area (Å²) < 4.78 is 0. The fourth-order valence-electron chi connectivity index (χ4n) is 1.46. The molecule has 0 fully saturated rings. The Hall–Kier alpha value is -2.04. The lowest BCUT2D eigenvalue weighted by molar-refractivity contribution is -0.148.